The van der Waals surface area contributed by atoms with Gasteiger partial charge in [-0.15, -0.1) is 0 Å². The number of ether oxygens (including phenoxy) is 2. The summed E-state index contributed by atoms with van der Waals surface area (Å²) >= 11 is 0. The number of hydrogen-bond donors (Lipinski definition) is 0. The van der Waals surface area contributed by atoms with Gasteiger partial charge in [0.05, 0.1) is 19.8 Å². The zero-order valence-corrected chi connectivity index (χ0v) is 15.5. The number of halogens is 3. The van der Waals surface area contributed by atoms with Gasteiger partial charge < -0.3 is 14.0 Å². The lowest BCUT2D eigenvalue weighted by Gasteiger charge is -2.13. The predicted molar refractivity (Wildman–Crippen MR) is 101 cm³/mol. The standard InChI is InChI=1S/C21H18F3NO3/c1-25-11-16(13-5-4-6-15(9-13)21(22,23)24)20(26)17(12-25)14-7-8-18(27-2)19(10-14)28-3/h4-12H,1-3H3. The van der Waals surface area contributed by atoms with Crippen LogP contribution in [0.1, 0.15) is 5.56 Å². The first-order chi connectivity index (χ1) is 13.2. The second-order valence-electron chi connectivity index (χ2n) is 6.23. The number of nitrogens with zero attached hydrogens (tertiary/aromatic N) is 1. The highest BCUT2D eigenvalue weighted by Crippen LogP contribution is 2.33. The Labute approximate surface area is 159 Å². The highest BCUT2D eigenvalue weighted by atomic mass is 19.4. The molecule has 0 saturated heterocycles. The van der Waals surface area contributed by atoms with Crippen molar-refractivity contribution in [2.45, 2.75) is 6.18 Å². The third kappa shape index (κ3) is 3.74. The first-order valence-electron chi connectivity index (χ1n) is 8.35. The first-order valence-corrected chi connectivity index (χ1v) is 8.35. The smallest absolute Gasteiger partial charge is 0.416 e. The summed E-state index contributed by atoms with van der Waals surface area (Å²) in [6.45, 7) is 0. The van der Waals surface area contributed by atoms with Crippen LogP contribution in [0.5, 0.6) is 11.5 Å². The summed E-state index contributed by atoms with van der Waals surface area (Å²) in [5.74, 6) is 0.962. The van der Waals surface area contributed by atoms with E-state index in [-0.39, 0.29) is 16.6 Å². The molecule has 0 saturated carbocycles. The van der Waals surface area contributed by atoms with Gasteiger partial charge in [0.2, 0.25) is 0 Å². The Morgan fingerprint density at radius 2 is 1.46 bits per heavy atom. The number of pyridine rings is 1. The van der Waals surface area contributed by atoms with Gasteiger partial charge in [0.25, 0.3) is 0 Å². The van der Waals surface area contributed by atoms with Gasteiger partial charge in [-0.3, -0.25) is 4.79 Å². The van der Waals surface area contributed by atoms with Crippen LogP contribution in [0.3, 0.4) is 0 Å². The molecule has 0 amide bonds. The molecular formula is C21H18F3NO3. The van der Waals surface area contributed by atoms with E-state index in [0.717, 1.165) is 12.1 Å². The SMILES string of the molecule is COc1ccc(-c2cn(C)cc(-c3cccc(C(F)(F)F)c3)c2=O)cc1OC. The maximum absolute atomic E-state index is 13.1. The molecule has 0 fully saturated rings. The third-order valence-electron chi connectivity index (χ3n) is 4.35. The van der Waals surface area contributed by atoms with Crippen LogP contribution >= 0.6 is 0 Å². The van der Waals surface area contributed by atoms with Gasteiger partial charge in [0, 0.05) is 30.6 Å². The molecular weight excluding hydrogens is 371 g/mol. The Hall–Kier alpha value is -3.22. The van der Waals surface area contributed by atoms with E-state index in [1.54, 1.807) is 36.0 Å². The number of alkyl halides is 3. The van der Waals surface area contributed by atoms with Crippen molar-refractivity contribution < 1.29 is 22.6 Å². The summed E-state index contributed by atoms with van der Waals surface area (Å²) in [6.07, 6.45) is -1.34. The Balaban J connectivity index is 2.18. The van der Waals surface area contributed by atoms with Crippen LogP contribution in [-0.2, 0) is 13.2 Å². The van der Waals surface area contributed by atoms with Crippen molar-refractivity contribution in [3.8, 4) is 33.8 Å². The van der Waals surface area contributed by atoms with Crippen LogP contribution in [0, 0.1) is 0 Å². The van der Waals surface area contributed by atoms with Gasteiger partial charge in [0.15, 0.2) is 16.9 Å². The fraction of sp³-hybridized carbons (Fsp3) is 0.190. The molecule has 4 nitrogen and oxygen atoms in total. The number of aromatic nitrogens is 1. The van der Waals surface area contributed by atoms with E-state index in [4.69, 9.17) is 9.47 Å². The summed E-state index contributed by atoms with van der Waals surface area (Å²) < 4.78 is 51.3. The highest BCUT2D eigenvalue weighted by molar-refractivity contribution is 5.73. The van der Waals surface area contributed by atoms with E-state index >= 15 is 0 Å². The molecule has 146 valence electrons. The van der Waals surface area contributed by atoms with E-state index in [9.17, 15) is 18.0 Å². The van der Waals surface area contributed by atoms with Crippen molar-refractivity contribution in [1.82, 2.24) is 4.57 Å². The monoisotopic (exact) mass is 389 g/mol. The van der Waals surface area contributed by atoms with Crippen molar-refractivity contribution in [2.24, 2.45) is 7.05 Å². The molecule has 1 heterocycles. The Morgan fingerprint density at radius 3 is 2.04 bits per heavy atom. The van der Waals surface area contributed by atoms with Gasteiger partial charge in [-0.2, -0.15) is 13.2 Å². The Kier molecular flexibility index (Phi) is 5.18. The van der Waals surface area contributed by atoms with Crippen LogP contribution in [0.25, 0.3) is 22.3 Å². The zero-order chi connectivity index (χ0) is 20.5. The summed E-state index contributed by atoms with van der Waals surface area (Å²) in [4.78, 5) is 13.1. The average molecular weight is 389 g/mol. The van der Waals surface area contributed by atoms with Crippen LogP contribution in [-0.4, -0.2) is 18.8 Å². The molecule has 0 aliphatic carbocycles. The summed E-state index contributed by atoms with van der Waals surface area (Å²) in [6, 6.07) is 9.77. The first kappa shape index (κ1) is 19.5. The normalized spacial score (nSPS) is 11.4. The quantitative estimate of drug-likeness (QED) is 0.646. The fourth-order valence-corrected chi connectivity index (χ4v) is 2.98. The lowest BCUT2D eigenvalue weighted by atomic mass is 9.99. The van der Waals surface area contributed by atoms with Crippen molar-refractivity contribution in [2.75, 3.05) is 14.2 Å². The molecule has 0 N–H and O–H groups in total. The molecule has 1 aromatic heterocycles. The van der Waals surface area contributed by atoms with Gasteiger partial charge >= 0.3 is 6.18 Å². The van der Waals surface area contributed by atoms with Gasteiger partial charge in [-0.05, 0) is 35.4 Å². The van der Waals surface area contributed by atoms with E-state index < -0.39 is 11.7 Å². The van der Waals surface area contributed by atoms with Crippen LogP contribution in [0.15, 0.2) is 59.7 Å². The minimum Gasteiger partial charge on any atom is -0.493 e. The molecule has 2 aromatic carbocycles. The number of aryl methyl sites for hydroxylation is 1. The Bertz CT molecular complexity index is 1070. The number of benzene rings is 2. The topological polar surface area (TPSA) is 40.5 Å². The van der Waals surface area contributed by atoms with Crippen molar-refractivity contribution in [3.05, 3.63) is 70.6 Å². The number of rotatable bonds is 4. The van der Waals surface area contributed by atoms with E-state index in [0.29, 0.717) is 22.6 Å². The summed E-state index contributed by atoms with van der Waals surface area (Å²) in [5, 5.41) is 0. The maximum atomic E-state index is 13.1. The largest absolute Gasteiger partial charge is 0.493 e. The van der Waals surface area contributed by atoms with E-state index in [1.807, 2.05) is 0 Å². The lowest BCUT2D eigenvalue weighted by Crippen LogP contribution is -2.12. The Morgan fingerprint density at radius 1 is 0.857 bits per heavy atom. The van der Waals surface area contributed by atoms with Gasteiger partial charge in [-0.25, -0.2) is 0 Å². The molecule has 3 aromatic rings. The average Bonchev–Trinajstić information content (AvgIpc) is 2.68. The van der Waals surface area contributed by atoms with E-state index in [1.165, 1.54) is 32.5 Å². The highest BCUT2D eigenvalue weighted by Gasteiger charge is 2.30. The molecule has 0 aliphatic heterocycles. The molecule has 0 bridgehead atoms. The maximum Gasteiger partial charge on any atom is 0.416 e. The predicted octanol–water partition coefficient (Wildman–Crippen LogP) is 4.76. The number of hydrogen-bond acceptors (Lipinski definition) is 3. The van der Waals surface area contributed by atoms with Crippen molar-refractivity contribution in [1.29, 1.82) is 0 Å². The van der Waals surface area contributed by atoms with Crippen LogP contribution in [0.4, 0.5) is 13.2 Å². The molecule has 0 aliphatic rings. The molecule has 0 unspecified atom stereocenters. The minimum atomic E-state index is -4.48. The minimum absolute atomic E-state index is 0.181. The lowest BCUT2D eigenvalue weighted by molar-refractivity contribution is -0.137. The van der Waals surface area contributed by atoms with E-state index in [2.05, 4.69) is 0 Å². The number of methoxy groups -OCH3 is 2. The zero-order valence-electron chi connectivity index (χ0n) is 15.5. The molecule has 0 spiro atoms. The van der Waals surface area contributed by atoms with Crippen LogP contribution < -0.4 is 14.9 Å². The third-order valence-corrected chi connectivity index (χ3v) is 4.35. The van der Waals surface area contributed by atoms with Crippen LogP contribution in [0.2, 0.25) is 0 Å². The fourth-order valence-electron chi connectivity index (χ4n) is 2.98. The molecule has 0 atom stereocenters. The summed E-state index contributed by atoms with van der Waals surface area (Å²) in [5.41, 5.74) is 0.136. The second-order valence-corrected chi connectivity index (χ2v) is 6.23. The van der Waals surface area contributed by atoms with Crippen molar-refractivity contribution >= 4 is 0 Å². The second kappa shape index (κ2) is 7.42. The molecule has 3 rings (SSSR count). The van der Waals surface area contributed by atoms with Gasteiger partial charge in [-0.1, -0.05) is 18.2 Å². The molecule has 0 radical (unpaired) electrons. The molecule has 28 heavy (non-hydrogen) atoms. The summed E-state index contributed by atoms with van der Waals surface area (Å²) in [7, 11) is 4.70. The molecule has 7 heteroatoms. The van der Waals surface area contributed by atoms with Crippen molar-refractivity contribution in [3.63, 3.8) is 0 Å². The van der Waals surface area contributed by atoms with Gasteiger partial charge in [0.1, 0.15) is 0 Å².